The van der Waals surface area contributed by atoms with E-state index >= 15 is 0 Å². The molecule has 0 bridgehead atoms. The third kappa shape index (κ3) is 1.91. The van der Waals surface area contributed by atoms with Crippen molar-refractivity contribution in [3.05, 3.63) is 29.8 Å². The molecule has 1 N–H and O–H groups in total. The molecule has 0 saturated heterocycles. The molecule has 0 fully saturated rings. The Morgan fingerprint density at radius 2 is 2.05 bits per heavy atom. The number of para-hydroxylation sites is 1. The van der Waals surface area contributed by atoms with Gasteiger partial charge >= 0.3 is 0 Å². The molecule has 4 nitrogen and oxygen atoms in total. The molecule has 0 spiro atoms. The molecule has 1 amide bonds. The molecule has 1 aromatic carbocycles. The molecule has 0 saturated carbocycles. The van der Waals surface area contributed by atoms with E-state index in [1.807, 2.05) is 24.3 Å². The zero-order valence-corrected chi connectivity index (χ0v) is 11.5. The van der Waals surface area contributed by atoms with Crippen LogP contribution in [0.1, 0.15) is 25.8 Å². The number of carbonyl (C=O) groups excluding carboxylic acids is 1. The van der Waals surface area contributed by atoms with Gasteiger partial charge in [0.2, 0.25) is 5.91 Å². The Bertz CT molecular complexity index is 560. The summed E-state index contributed by atoms with van der Waals surface area (Å²) in [4.78, 5) is 14.1. The van der Waals surface area contributed by atoms with Gasteiger partial charge in [0.1, 0.15) is 5.41 Å². The van der Waals surface area contributed by atoms with Crippen molar-refractivity contribution < 1.29 is 9.90 Å². The van der Waals surface area contributed by atoms with Crippen LogP contribution < -0.4 is 4.90 Å². The van der Waals surface area contributed by atoms with E-state index in [-0.39, 0.29) is 12.5 Å². The number of aliphatic hydroxyl groups excluding tert-OH is 1. The minimum Gasteiger partial charge on any atom is -0.395 e. The lowest BCUT2D eigenvalue weighted by atomic mass is 9.70. The molecule has 19 heavy (non-hydrogen) atoms. The van der Waals surface area contributed by atoms with Crippen LogP contribution in [-0.4, -0.2) is 24.7 Å². The Morgan fingerprint density at radius 3 is 2.63 bits per heavy atom. The summed E-state index contributed by atoms with van der Waals surface area (Å²) in [6, 6.07) is 9.66. The molecule has 100 valence electrons. The molecule has 1 aliphatic rings. The number of anilines is 1. The lowest BCUT2D eigenvalue weighted by Crippen LogP contribution is -2.44. The third-order valence-electron chi connectivity index (χ3n) is 3.81. The number of hydrogen-bond donors (Lipinski definition) is 1. The summed E-state index contributed by atoms with van der Waals surface area (Å²) in [5, 5.41) is 19.1. The quantitative estimate of drug-likeness (QED) is 0.899. The number of benzene rings is 1. The first kappa shape index (κ1) is 13.6. The molecule has 0 aliphatic carbocycles. The van der Waals surface area contributed by atoms with Crippen molar-refractivity contribution >= 4 is 11.6 Å². The topological polar surface area (TPSA) is 64.3 Å². The van der Waals surface area contributed by atoms with Crippen LogP contribution in [0.5, 0.6) is 0 Å². The van der Waals surface area contributed by atoms with Gasteiger partial charge in [0, 0.05) is 12.7 Å². The van der Waals surface area contributed by atoms with E-state index in [1.54, 1.807) is 25.8 Å². The van der Waals surface area contributed by atoms with Gasteiger partial charge in [0.25, 0.3) is 0 Å². The highest BCUT2D eigenvalue weighted by atomic mass is 16.3. The first-order valence-corrected chi connectivity index (χ1v) is 6.28. The van der Waals surface area contributed by atoms with Crippen LogP contribution in [-0.2, 0) is 10.2 Å². The van der Waals surface area contributed by atoms with E-state index in [2.05, 4.69) is 6.07 Å². The Hall–Kier alpha value is -1.86. The Kier molecular flexibility index (Phi) is 3.11. The maximum absolute atomic E-state index is 12.6. The Labute approximate surface area is 113 Å². The normalized spacial score (nSPS) is 22.3. The number of nitrogens with zero attached hydrogens (tertiary/aromatic N) is 2. The van der Waals surface area contributed by atoms with E-state index in [4.69, 9.17) is 0 Å². The molecule has 1 aromatic rings. The number of hydrogen-bond acceptors (Lipinski definition) is 3. The van der Waals surface area contributed by atoms with Crippen molar-refractivity contribution in [2.24, 2.45) is 5.41 Å². The second kappa shape index (κ2) is 4.36. The molecule has 1 aliphatic heterocycles. The van der Waals surface area contributed by atoms with Crippen LogP contribution in [0, 0.1) is 16.7 Å². The van der Waals surface area contributed by atoms with Crippen LogP contribution in [0.25, 0.3) is 0 Å². The van der Waals surface area contributed by atoms with Gasteiger partial charge in [-0.25, -0.2) is 0 Å². The predicted octanol–water partition coefficient (Wildman–Crippen LogP) is 1.83. The average Bonchev–Trinajstić information content (AvgIpc) is 2.62. The van der Waals surface area contributed by atoms with Crippen molar-refractivity contribution in [3.63, 3.8) is 0 Å². The molecule has 1 atom stereocenters. The second-order valence-corrected chi connectivity index (χ2v) is 5.79. The lowest BCUT2D eigenvalue weighted by Gasteiger charge is -2.31. The third-order valence-corrected chi connectivity index (χ3v) is 3.81. The first-order valence-electron chi connectivity index (χ1n) is 6.28. The molecule has 4 heteroatoms. The molecule has 0 aromatic heterocycles. The number of fused-ring (bicyclic) bond motifs is 1. The smallest absolute Gasteiger partial charge is 0.239 e. The standard InChI is InChI=1S/C15H18N2O2/c1-14(2,9-16)8-15(10-18)11-6-4-5-7-12(11)17(3)13(15)19/h4-7,18H,8,10H2,1-3H3/t15-/m1/s1. The summed E-state index contributed by atoms with van der Waals surface area (Å²) in [6.07, 6.45) is 0.313. The summed E-state index contributed by atoms with van der Waals surface area (Å²) in [5.41, 5.74) is -0.0371. The monoisotopic (exact) mass is 258 g/mol. The Balaban J connectivity index is 2.58. The summed E-state index contributed by atoms with van der Waals surface area (Å²) in [7, 11) is 1.71. The largest absolute Gasteiger partial charge is 0.395 e. The van der Waals surface area contributed by atoms with E-state index in [1.165, 1.54) is 0 Å². The molecule has 2 rings (SSSR count). The number of likely N-dealkylation sites (N-methyl/N-ethyl adjacent to an activating group) is 1. The zero-order valence-electron chi connectivity index (χ0n) is 11.5. The fraction of sp³-hybridized carbons (Fsp3) is 0.467. The highest BCUT2D eigenvalue weighted by Crippen LogP contribution is 2.46. The van der Waals surface area contributed by atoms with Crippen molar-refractivity contribution in [2.75, 3.05) is 18.6 Å². The van der Waals surface area contributed by atoms with E-state index in [9.17, 15) is 15.2 Å². The molecular weight excluding hydrogens is 240 g/mol. The molecule has 0 radical (unpaired) electrons. The van der Waals surface area contributed by atoms with Gasteiger partial charge in [-0.3, -0.25) is 4.79 Å². The minimum absolute atomic E-state index is 0.139. The van der Waals surface area contributed by atoms with Gasteiger partial charge in [0.15, 0.2) is 0 Å². The van der Waals surface area contributed by atoms with Crippen LogP contribution in [0.2, 0.25) is 0 Å². The summed E-state index contributed by atoms with van der Waals surface area (Å²) >= 11 is 0. The van der Waals surface area contributed by atoms with Crippen molar-refractivity contribution in [1.29, 1.82) is 5.26 Å². The van der Waals surface area contributed by atoms with E-state index < -0.39 is 10.8 Å². The van der Waals surface area contributed by atoms with Crippen molar-refractivity contribution in [2.45, 2.75) is 25.7 Å². The number of rotatable bonds is 3. The lowest BCUT2D eigenvalue weighted by molar-refractivity contribution is -0.125. The van der Waals surface area contributed by atoms with Crippen molar-refractivity contribution in [3.8, 4) is 6.07 Å². The predicted molar refractivity (Wildman–Crippen MR) is 72.6 cm³/mol. The maximum atomic E-state index is 12.6. The van der Waals surface area contributed by atoms with Gasteiger partial charge < -0.3 is 10.0 Å². The summed E-state index contributed by atoms with van der Waals surface area (Å²) in [5.74, 6) is -0.139. The van der Waals surface area contributed by atoms with Gasteiger partial charge in [0.05, 0.1) is 18.1 Å². The van der Waals surface area contributed by atoms with Crippen molar-refractivity contribution in [1.82, 2.24) is 0 Å². The van der Waals surface area contributed by atoms with Gasteiger partial charge in [-0.15, -0.1) is 0 Å². The average molecular weight is 258 g/mol. The zero-order chi connectivity index (χ0) is 14.3. The number of amides is 1. The van der Waals surface area contributed by atoms with E-state index in [0.717, 1.165) is 11.3 Å². The highest BCUT2D eigenvalue weighted by Gasteiger charge is 2.51. The first-order chi connectivity index (χ1) is 8.88. The van der Waals surface area contributed by atoms with E-state index in [0.29, 0.717) is 6.42 Å². The van der Waals surface area contributed by atoms with Gasteiger partial charge in [-0.1, -0.05) is 18.2 Å². The number of nitriles is 1. The molecule has 0 unspecified atom stereocenters. The number of carbonyl (C=O) groups is 1. The summed E-state index contributed by atoms with van der Waals surface area (Å²) in [6.45, 7) is 3.30. The van der Waals surface area contributed by atoms with Crippen LogP contribution in [0.4, 0.5) is 5.69 Å². The molecule has 1 heterocycles. The highest BCUT2D eigenvalue weighted by molar-refractivity contribution is 6.07. The fourth-order valence-electron chi connectivity index (χ4n) is 2.89. The maximum Gasteiger partial charge on any atom is 0.239 e. The van der Waals surface area contributed by atoms with Crippen LogP contribution in [0.15, 0.2) is 24.3 Å². The minimum atomic E-state index is -0.995. The number of aliphatic hydroxyl groups is 1. The van der Waals surface area contributed by atoms with Crippen LogP contribution >= 0.6 is 0 Å². The fourth-order valence-corrected chi connectivity index (χ4v) is 2.89. The van der Waals surface area contributed by atoms with Crippen LogP contribution in [0.3, 0.4) is 0 Å². The summed E-state index contributed by atoms with van der Waals surface area (Å²) < 4.78 is 0. The second-order valence-electron chi connectivity index (χ2n) is 5.79. The van der Waals surface area contributed by atoms with Gasteiger partial charge in [-0.2, -0.15) is 5.26 Å². The molecular formula is C15H18N2O2. The Morgan fingerprint density at radius 1 is 1.42 bits per heavy atom. The van der Waals surface area contributed by atoms with Gasteiger partial charge in [-0.05, 0) is 31.9 Å². The SMILES string of the molecule is CN1C(=O)[C@@](CO)(CC(C)(C)C#N)c2ccccc21.